The van der Waals surface area contributed by atoms with Crippen LogP contribution in [0.3, 0.4) is 0 Å². The van der Waals surface area contributed by atoms with E-state index < -0.39 is 0 Å². The summed E-state index contributed by atoms with van der Waals surface area (Å²) >= 11 is 0. The molecule has 4 rings (SSSR count). The Labute approximate surface area is 159 Å². The lowest BCUT2D eigenvalue weighted by molar-refractivity contribution is 0.300. The zero-order valence-corrected chi connectivity index (χ0v) is 15.5. The third kappa shape index (κ3) is 3.24. The first kappa shape index (κ1) is 17.1. The third-order valence-electron chi connectivity index (χ3n) is 4.56. The van der Waals surface area contributed by atoms with E-state index in [1.165, 1.54) is 0 Å². The van der Waals surface area contributed by atoms with Gasteiger partial charge >= 0.3 is 0 Å². The summed E-state index contributed by atoms with van der Waals surface area (Å²) in [6.07, 6.45) is 0. The van der Waals surface area contributed by atoms with Crippen LogP contribution in [-0.4, -0.2) is 19.4 Å². The molecule has 3 aromatic carbocycles. The highest BCUT2D eigenvalue weighted by atomic mass is 16.5. The van der Waals surface area contributed by atoms with Crippen LogP contribution in [0, 0.1) is 0 Å². The number of nitrogens with zero attached hydrogens (tertiary/aromatic N) is 1. The number of rotatable bonds is 5. The normalized spacial score (nSPS) is 14.4. The number of hydrogen-bond acceptors (Lipinski definition) is 3. The van der Waals surface area contributed by atoms with Crippen molar-refractivity contribution >= 4 is 22.7 Å². The number of aliphatic imine (C=N–C) groups is 1. The summed E-state index contributed by atoms with van der Waals surface area (Å²) in [5.41, 5.74) is 6.11. The van der Waals surface area contributed by atoms with E-state index in [2.05, 4.69) is 24.3 Å². The maximum Gasteiger partial charge on any atom is 0.137 e. The van der Waals surface area contributed by atoms with Gasteiger partial charge in [0.25, 0.3) is 0 Å². The lowest BCUT2D eigenvalue weighted by Gasteiger charge is -2.11. The molecule has 0 heterocycles. The Morgan fingerprint density at radius 1 is 0.778 bits per heavy atom. The Hall–Kier alpha value is -3.33. The van der Waals surface area contributed by atoms with Gasteiger partial charge in [-0.2, -0.15) is 0 Å². The molecule has 0 spiro atoms. The Kier molecular flexibility index (Phi) is 4.75. The summed E-state index contributed by atoms with van der Waals surface area (Å²) in [5, 5.41) is 0. The molecule has 0 aromatic heterocycles. The van der Waals surface area contributed by atoms with Gasteiger partial charge in [0.2, 0.25) is 0 Å². The Bertz CT molecular complexity index is 1000. The summed E-state index contributed by atoms with van der Waals surface area (Å²) in [5.74, 6) is 1.71. The van der Waals surface area contributed by atoms with Crippen LogP contribution in [-0.2, 0) is 4.74 Å². The number of hydrogen-bond donors (Lipinski definition) is 0. The van der Waals surface area contributed by atoms with Crippen molar-refractivity contribution in [3.63, 3.8) is 0 Å². The smallest absolute Gasteiger partial charge is 0.137 e. The summed E-state index contributed by atoms with van der Waals surface area (Å²) in [6, 6.07) is 26.3. The first-order valence-corrected chi connectivity index (χ1v) is 9.07. The van der Waals surface area contributed by atoms with Crippen molar-refractivity contribution in [3.05, 3.63) is 95.6 Å². The molecule has 27 heavy (non-hydrogen) atoms. The van der Waals surface area contributed by atoms with Gasteiger partial charge in [0, 0.05) is 11.1 Å². The van der Waals surface area contributed by atoms with Crippen LogP contribution in [0.25, 0.3) is 11.3 Å². The number of methoxy groups -OCH3 is 1. The fraction of sp³-hybridized carbons (Fsp3) is 0.125. The highest BCUT2D eigenvalue weighted by molar-refractivity contribution is 6.41. The zero-order chi connectivity index (χ0) is 18.6. The predicted octanol–water partition coefficient (Wildman–Crippen LogP) is 5.73. The molecular formula is C24H21NO2. The van der Waals surface area contributed by atoms with E-state index in [9.17, 15) is 0 Å². The molecule has 0 atom stereocenters. The Morgan fingerprint density at radius 2 is 1.44 bits per heavy atom. The van der Waals surface area contributed by atoms with E-state index in [1.807, 2.05) is 61.5 Å². The van der Waals surface area contributed by atoms with Gasteiger partial charge in [-0.15, -0.1) is 0 Å². The molecular weight excluding hydrogens is 334 g/mol. The summed E-state index contributed by atoms with van der Waals surface area (Å²) in [4.78, 5) is 4.98. The number of fused-ring (bicyclic) bond motifs is 1. The van der Waals surface area contributed by atoms with E-state index in [4.69, 9.17) is 14.5 Å². The number of ether oxygens (including phenoxy) is 2. The molecule has 1 aliphatic rings. The van der Waals surface area contributed by atoms with Crippen LogP contribution in [0.1, 0.15) is 23.6 Å². The minimum Gasteiger partial charge on any atom is -0.497 e. The number of allylic oxidation sites excluding steroid dienone is 1. The molecule has 3 aromatic rings. The zero-order valence-electron chi connectivity index (χ0n) is 15.5. The molecule has 3 nitrogen and oxygen atoms in total. The number of para-hydroxylation sites is 1. The summed E-state index contributed by atoms with van der Waals surface area (Å²) in [6.45, 7) is 2.61. The second-order valence-electron chi connectivity index (χ2n) is 6.21. The minimum atomic E-state index is 0.599. The predicted molar refractivity (Wildman–Crippen MR) is 111 cm³/mol. The fourth-order valence-electron chi connectivity index (χ4n) is 3.33. The largest absolute Gasteiger partial charge is 0.497 e. The molecule has 3 heteroatoms. The van der Waals surface area contributed by atoms with E-state index in [0.717, 1.165) is 45.2 Å². The standard InChI is InChI=1S/C24H21NO2/c1-3-27-24-21-12-8-7-11-20(21)23(25-18-9-5-4-6-10-18)22(24)17-13-15-19(26-2)16-14-17/h4-16H,3H2,1-2H3. The minimum absolute atomic E-state index is 0.599. The molecule has 0 unspecified atom stereocenters. The van der Waals surface area contributed by atoms with Gasteiger partial charge in [-0.1, -0.05) is 54.6 Å². The second-order valence-corrected chi connectivity index (χ2v) is 6.21. The van der Waals surface area contributed by atoms with Crippen molar-refractivity contribution in [2.24, 2.45) is 4.99 Å². The van der Waals surface area contributed by atoms with Gasteiger partial charge in [0.1, 0.15) is 11.5 Å². The second kappa shape index (κ2) is 7.50. The molecule has 0 bridgehead atoms. The molecule has 0 fully saturated rings. The van der Waals surface area contributed by atoms with Crippen molar-refractivity contribution in [3.8, 4) is 5.75 Å². The molecule has 0 saturated heterocycles. The van der Waals surface area contributed by atoms with Gasteiger partial charge in [0.15, 0.2) is 0 Å². The summed E-state index contributed by atoms with van der Waals surface area (Å²) in [7, 11) is 1.67. The SMILES string of the molecule is CCOC1=C(c2ccc(OC)cc2)C(=Nc2ccccc2)c2ccccc21. The Morgan fingerprint density at radius 3 is 2.11 bits per heavy atom. The maximum atomic E-state index is 6.09. The first-order chi connectivity index (χ1) is 13.3. The van der Waals surface area contributed by atoms with E-state index in [1.54, 1.807) is 7.11 Å². The molecule has 134 valence electrons. The van der Waals surface area contributed by atoms with Crippen LogP contribution in [0.4, 0.5) is 5.69 Å². The topological polar surface area (TPSA) is 30.8 Å². The quantitative estimate of drug-likeness (QED) is 0.585. The van der Waals surface area contributed by atoms with Gasteiger partial charge in [-0.05, 0) is 36.8 Å². The molecule has 0 saturated carbocycles. The van der Waals surface area contributed by atoms with Crippen LogP contribution in [0.5, 0.6) is 5.75 Å². The van der Waals surface area contributed by atoms with Crippen molar-refractivity contribution in [1.29, 1.82) is 0 Å². The summed E-state index contributed by atoms with van der Waals surface area (Å²) < 4.78 is 11.4. The van der Waals surface area contributed by atoms with Gasteiger partial charge in [-0.25, -0.2) is 4.99 Å². The molecule has 0 aliphatic heterocycles. The number of benzene rings is 3. The van der Waals surface area contributed by atoms with Gasteiger partial charge in [-0.3, -0.25) is 0 Å². The highest BCUT2D eigenvalue weighted by Gasteiger charge is 2.30. The van der Waals surface area contributed by atoms with Crippen molar-refractivity contribution in [1.82, 2.24) is 0 Å². The molecule has 0 amide bonds. The van der Waals surface area contributed by atoms with Crippen molar-refractivity contribution in [2.75, 3.05) is 13.7 Å². The first-order valence-electron chi connectivity index (χ1n) is 9.07. The lowest BCUT2D eigenvalue weighted by atomic mass is 10.0. The van der Waals surface area contributed by atoms with Gasteiger partial charge in [0.05, 0.1) is 30.7 Å². The lowest BCUT2D eigenvalue weighted by Crippen LogP contribution is -2.01. The highest BCUT2D eigenvalue weighted by Crippen LogP contribution is 2.40. The molecule has 0 radical (unpaired) electrons. The Balaban J connectivity index is 1.94. The average molecular weight is 355 g/mol. The van der Waals surface area contributed by atoms with Crippen LogP contribution < -0.4 is 4.74 Å². The fourth-order valence-corrected chi connectivity index (χ4v) is 3.33. The maximum absolute atomic E-state index is 6.09. The van der Waals surface area contributed by atoms with Crippen LogP contribution in [0.2, 0.25) is 0 Å². The monoisotopic (exact) mass is 355 g/mol. The van der Waals surface area contributed by atoms with E-state index in [-0.39, 0.29) is 0 Å². The van der Waals surface area contributed by atoms with Crippen molar-refractivity contribution in [2.45, 2.75) is 6.92 Å². The van der Waals surface area contributed by atoms with Crippen LogP contribution in [0.15, 0.2) is 83.9 Å². The van der Waals surface area contributed by atoms with Crippen LogP contribution >= 0.6 is 0 Å². The molecule has 1 aliphatic carbocycles. The van der Waals surface area contributed by atoms with E-state index >= 15 is 0 Å². The average Bonchev–Trinajstić information content (AvgIpc) is 3.03. The third-order valence-corrected chi connectivity index (χ3v) is 4.56. The van der Waals surface area contributed by atoms with Gasteiger partial charge < -0.3 is 9.47 Å². The van der Waals surface area contributed by atoms with Crippen molar-refractivity contribution < 1.29 is 9.47 Å². The van der Waals surface area contributed by atoms with E-state index in [0.29, 0.717) is 6.61 Å². The molecule has 0 N–H and O–H groups in total.